The van der Waals surface area contributed by atoms with Crippen LogP contribution in [0.2, 0.25) is 0 Å². The summed E-state index contributed by atoms with van der Waals surface area (Å²) in [6.45, 7) is 2.83. The van der Waals surface area contributed by atoms with Crippen LogP contribution in [0.4, 0.5) is 10.6 Å². The zero-order valence-corrected chi connectivity index (χ0v) is 16.6. The molecule has 30 heavy (non-hydrogen) atoms. The number of hydrogen-bond donors (Lipinski definition) is 2. The molecule has 3 aromatic rings. The predicted octanol–water partition coefficient (Wildman–Crippen LogP) is 3.14. The van der Waals surface area contributed by atoms with Crippen LogP contribution in [-0.2, 0) is 0 Å². The van der Waals surface area contributed by atoms with Gasteiger partial charge >= 0.3 is 6.09 Å². The molecule has 0 saturated carbocycles. The van der Waals surface area contributed by atoms with Gasteiger partial charge in [0, 0.05) is 62.4 Å². The molecule has 9 nitrogen and oxygen atoms in total. The first-order chi connectivity index (χ1) is 14.7. The summed E-state index contributed by atoms with van der Waals surface area (Å²) in [6.07, 6.45) is 8.03. The van der Waals surface area contributed by atoms with Crippen molar-refractivity contribution in [2.45, 2.75) is 31.8 Å². The molecule has 0 aliphatic carbocycles. The summed E-state index contributed by atoms with van der Waals surface area (Å²) in [5.74, 6) is 1.31. The number of hydrogen-bond acceptors (Lipinski definition) is 6. The third-order valence-electron chi connectivity index (χ3n) is 5.85. The molecule has 0 aromatic carbocycles. The molecule has 0 atom stereocenters. The first-order valence-electron chi connectivity index (χ1n) is 10.4. The van der Waals surface area contributed by atoms with Crippen molar-refractivity contribution in [3.8, 4) is 17.1 Å². The number of fused-ring (bicyclic) bond motifs is 1. The number of pyridine rings is 1. The topological polar surface area (TPSA) is 107 Å². The minimum absolute atomic E-state index is 0.0729. The Balaban J connectivity index is 1.46. The van der Waals surface area contributed by atoms with Crippen LogP contribution in [0, 0.1) is 0 Å². The quantitative estimate of drug-likeness (QED) is 0.683. The minimum Gasteiger partial charge on any atom is -0.472 e. The van der Waals surface area contributed by atoms with Crippen LogP contribution in [0.25, 0.3) is 22.3 Å². The third kappa shape index (κ3) is 3.51. The van der Waals surface area contributed by atoms with Crippen molar-refractivity contribution in [1.82, 2.24) is 24.8 Å². The van der Waals surface area contributed by atoms with E-state index >= 15 is 0 Å². The SMILES string of the molecule is O=C(O)N1CCC(Oc2nc(-c3ccnc4[nH]ccc34)cnc2N2CCCC2)CC1. The number of amides is 1. The van der Waals surface area contributed by atoms with Gasteiger partial charge in [0.15, 0.2) is 5.82 Å². The molecule has 0 bridgehead atoms. The van der Waals surface area contributed by atoms with E-state index in [0.29, 0.717) is 31.8 Å². The highest BCUT2D eigenvalue weighted by Crippen LogP contribution is 2.33. The molecule has 0 spiro atoms. The Bertz CT molecular complexity index is 1050. The average molecular weight is 408 g/mol. The molecule has 2 saturated heterocycles. The van der Waals surface area contributed by atoms with Crippen molar-refractivity contribution < 1.29 is 14.6 Å². The lowest BCUT2D eigenvalue weighted by atomic mass is 10.1. The van der Waals surface area contributed by atoms with Crippen molar-refractivity contribution in [1.29, 1.82) is 0 Å². The standard InChI is InChI=1S/C21H24N6O3/c28-21(29)27-11-5-14(6-12-27)30-20-19(26-9-1-2-10-26)24-13-17(25-20)15-3-7-22-18-16(15)4-8-23-18/h3-4,7-8,13-14H,1-2,5-6,9-12H2,(H,22,23)(H,28,29). The van der Waals surface area contributed by atoms with Crippen LogP contribution in [-0.4, -0.2) is 68.3 Å². The molecule has 0 unspecified atom stereocenters. The Kier molecular flexibility index (Phi) is 4.86. The van der Waals surface area contributed by atoms with Crippen molar-refractivity contribution >= 4 is 22.9 Å². The maximum Gasteiger partial charge on any atom is 0.407 e. The lowest BCUT2D eigenvalue weighted by Crippen LogP contribution is -2.41. The van der Waals surface area contributed by atoms with Crippen LogP contribution >= 0.6 is 0 Å². The van der Waals surface area contributed by atoms with E-state index in [1.807, 2.05) is 18.3 Å². The Hall–Kier alpha value is -3.36. The van der Waals surface area contributed by atoms with Crippen LogP contribution in [0.15, 0.2) is 30.7 Å². The van der Waals surface area contributed by atoms with Gasteiger partial charge in [0.2, 0.25) is 0 Å². The second-order valence-electron chi connectivity index (χ2n) is 7.76. The summed E-state index contributed by atoms with van der Waals surface area (Å²) < 4.78 is 6.32. The number of likely N-dealkylation sites (tertiary alicyclic amines) is 1. The fraction of sp³-hybridized carbons (Fsp3) is 0.429. The van der Waals surface area contributed by atoms with Crippen molar-refractivity contribution in [3.63, 3.8) is 0 Å². The number of carboxylic acid groups (broad SMARTS) is 1. The zero-order valence-electron chi connectivity index (χ0n) is 16.6. The van der Waals surface area contributed by atoms with E-state index < -0.39 is 6.09 Å². The highest BCUT2D eigenvalue weighted by atomic mass is 16.5. The number of aromatic nitrogens is 4. The van der Waals surface area contributed by atoms with Gasteiger partial charge in [-0.05, 0) is 25.0 Å². The number of aromatic amines is 1. The number of nitrogens with zero attached hydrogens (tertiary/aromatic N) is 5. The van der Waals surface area contributed by atoms with E-state index in [2.05, 4.69) is 14.9 Å². The summed E-state index contributed by atoms with van der Waals surface area (Å²) in [4.78, 5) is 31.9. The largest absolute Gasteiger partial charge is 0.472 e. The summed E-state index contributed by atoms with van der Waals surface area (Å²) in [5, 5.41) is 10.2. The number of nitrogens with one attached hydrogen (secondary N) is 1. The summed E-state index contributed by atoms with van der Waals surface area (Å²) in [5.41, 5.74) is 2.50. The van der Waals surface area contributed by atoms with Gasteiger partial charge in [-0.3, -0.25) is 0 Å². The second kappa shape index (κ2) is 7.81. The van der Waals surface area contributed by atoms with Gasteiger partial charge in [-0.1, -0.05) is 0 Å². The molecule has 156 valence electrons. The van der Waals surface area contributed by atoms with Gasteiger partial charge in [-0.25, -0.2) is 19.7 Å². The number of rotatable bonds is 4. The van der Waals surface area contributed by atoms with E-state index in [9.17, 15) is 9.90 Å². The number of H-pyrrole nitrogens is 1. The van der Waals surface area contributed by atoms with Gasteiger partial charge in [-0.15, -0.1) is 0 Å². The molecule has 2 aliphatic rings. The Morgan fingerprint density at radius 3 is 2.70 bits per heavy atom. The van der Waals surface area contributed by atoms with Crippen molar-refractivity contribution in [2.24, 2.45) is 0 Å². The fourth-order valence-electron chi connectivity index (χ4n) is 4.23. The van der Waals surface area contributed by atoms with Crippen LogP contribution < -0.4 is 9.64 Å². The fourth-order valence-corrected chi connectivity index (χ4v) is 4.23. The normalized spacial score (nSPS) is 17.6. The highest BCUT2D eigenvalue weighted by Gasteiger charge is 2.27. The third-order valence-corrected chi connectivity index (χ3v) is 5.85. The first kappa shape index (κ1) is 18.7. The molecule has 0 radical (unpaired) electrons. The van der Waals surface area contributed by atoms with E-state index in [0.717, 1.165) is 54.0 Å². The van der Waals surface area contributed by atoms with Gasteiger partial charge in [-0.2, -0.15) is 0 Å². The molecule has 2 fully saturated rings. The van der Waals surface area contributed by atoms with E-state index in [1.165, 1.54) is 4.90 Å². The minimum atomic E-state index is -0.874. The summed E-state index contributed by atoms with van der Waals surface area (Å²) in [6, 6.07) is 3.92. The molecule has 1 amide bonds. The average Bonchev–Trinajstić information content (AvgIpc) is 3.46. The van der Waals surface area contributed by atoms with Gasteiger partial charge in [0.25, 0.3) is 5.88 Å². The van der Waals surface area contributed by atoms with Crippen LogP contribution in [0.1, 0.15) is 25.7 Å². The number of piperidine rings is 1. The molecule has 2 aliphatic heterocycles. The molecule has 5 heterocycles. The van der Waals surface area contributed by atoms with Crippen molar-refractivity contribution in [3.05, 3.63) is 30.7 Å². The number of carbonyl (C=O) groups is 1. The Morgan fingerprint density at radius 1 is 1.13 bits per heavy atom. The molecule has 9 heteroatoms. The molecular formula is C21H24N6O3. The number of ether oxygens (including phenoxy) is 1. The molecular weight excluding hydrogens is 384 g/mol. The molecule has 3 aromatic heterocycles. The molecule has 2 N–H and O–H groups in total. The van der Waals surface area contributed by atoms with Crippen molar-refractivity contribution in [2.75, 3.05) is 31.1 Å². The second-order valence-corrected chi connectivity index (χ2v) is 7.76. The van der Waals surface area contributed by atoms with Gasteiger partial charge in [0.05, 0.1) is 11.9 Å². The first-order valence-corrected chi connectivity index (χ1v) is 10.4. The van der Waals surface area contributed by atoms with E-state index in [4.69, 9.17) is 14.7 Å². The summed E-state index contributed by atoms with van der Waals surface area (Å²) in [7, 11) is 0. The van der Waals surface area contributed by atoms with E-state index in [-0.39, 0.29) is 6.10 Å². The van der Waals surface area contributed by atoms with Gasteiger partial charge < -0.3 is 24.6 Å². The predicted molar refractivity (Wildman–Crippen MR) is 112 cm³/mol. The smallest absolute Gasteiger partial charge is 0.407 e. The highest BCUT2D eigenvalue weighted by molar-refractivity contribution is 5.91. The monoisotopic (exact) mass is 408 g/mol. The molecule has 5 rings (SSSR count). The Morgan fingerprint density at radius 2 is 1.93 bits per heavy atom. The zero-order chi connectivity index (χ0) is 20.5. The summed E-state index contributed by atoms with van der Waals surface area (Å²) >= 11 is 0. The van der Waals surface area contributed by atoms with E-state index in [1.54, 1.807) is 12.4 Å². The maximum absolute atomic E-state index is 11.2. The maximum atomic E-state index is 11.2. The van der Waals surface area contributed by atoms with Crippen LogP contribution in [0.3, 0.4) is 0 Å². The van der Waals surface area contributed by atoms with Crippen LogP contribution in [0.5, 0.6) is 5.88 Å². The lowest BCUT2D eigenvalue weighted by molar-refractivity contribution is 0.0872. The van der Waals surface area contributed by atoms with Gasteiger partial charge in [0.1, 0.15) is 11.8 Å². The Labute approximate surface area is 173 Å². The number of anilines is 1. The lowest BCUT2D eigenvalue weighted by Gasteiger charge is -2.31.